The van der Waals surface area contributed by atoms with Crippen LogP contribution in [0, 0.1) is 16.2 Å². The molecule has 10 heteroatoms. The molecule has 0 radical (unpaired) electrons. The van der Waals surface area contributed by atoms with Gasteiger partial charge in [-0.15, -0.1) is 0 Å². The van der Waals surface area contributed by atoms with Crippen LogP contribution < -0.4 is 4.74 Å². The van der Waals surface area contributed by atoms with E-state index < -0.39 is 13.0 Å². The summed E-state index contributed by atoms with van der Waals surface area (Å²) in [5, 5.41) is 0. The summed E-state index contributed by atoms with van der Waals surface area (Å²) >= 11 is 36.8. The molecule has 0 heterocycles. The molecule has 4 nitrogen and oxygen atoms in total. The van der Waals surface area contributed by atoms with Crippen molar-refractivity contribution < 1.29 is 9.53 Å². The number of aliphatic imine (C=N–C) groups is 2. The Balaban J connectivity index is 3.57. The van der Waals surface area contributed by atoms with E-state index in [2.05, 4.69) is 30.8 Å². The lowest BCUT2D eigenvalue weighted by molar-refractivity contribution is -0.154. The number of amidine groups is 1. The maximum atomic E-state index is 13.4. The van der Waals surface area contributed by atoms with Gasteiger partial charge in [0.25, 0.3) is 0 Å². The minimum Gasteiger partial charge on any atom is -0.426 e. The van der Waals surface area contributed by atoms with Gasteiger partial charge in [0.2, 0.25) is 7.59 Å². The molecule has 0 spiro atoms. The van der Waals surface area contributed by atoms with Gasteiger partial charge in [0, 0.05) is 5.56 Å². The van der Waals surface area contributed by atoms with Crippen molar-refractivity contribution >= 4 is 87.1 Å². The van der Waals surface area contributed by atoms with Crippen LogP contribution in [-0.4, -0.2) is 25.1 Å². The smallest absolute Gasteiger partial charge is 0.317 e. The van der Waals surface area contributed by atoms with Crippen molar-refractivity contribution in [3.63, 3.8) is 0 Å². The first-order valence-electron chi connectivity index (χ1n) is 12.2. The molecule has 1 atom stereocenters. The number of ether oxygens (including phenoxy) is 1. The molecule has 0 N–H and O–H groups in total. The second-order valence-corrected chi connectivity index (χ2v) is 16.4. The van der Waals surface area contributed by atoms with Crippen LogP contribution in [0.15, 0.2) is 45.5 Å². The van der Waals surface area contributed by atoms with Gasteiger partial charge in [-0.1, -0.05) is 118 Å². The first kappa shape index (κ1) is 35.5. The zero-order valence-electron chi connectivity index (χ0n) is 23.7. The summed E-state index contributed by atoms with van der Waals surface area (Å²) in [7, 11) is 0. The zero-order valence-corrected chi connectivity index (χ0v) is 28.2. The first-order valence-corrected chi connectivity index (χ1v) is 14.5. The molecule has 0 aliphatic carbocycles. The number of rotatable bonds is 6. The lowest BCUT2D eigenvalue weighted by atomic mass is 9.61. The Morgan fingerprint density at radius 1 is 0.816 bits per heavy atom. The molecule has 1 rings (SSSR count). The van der Waals surface area contributed by atoms with Gasteiger partial charge < -0.3 is 4.74 Å². The Morgan fingerprint density at radius 2 is 1.32 bits per heavy atom. The quantitative estimate of drug-likeness (QED) is 0.101. The normalized spacial score (nSPS) is 16.6. The second kappa shape index (κ2) is 13.0. The highest BCUT2D eigenvalue weighted by Gasteiger charge is 2.48. The number of hydrogen-bond acceptors (Lipinski definition) is 3. The highest BCUT2D eigenvalue weighted by molar-refractivity contribution is 6.76. The molecule has 1 aromatic carbocycles. The number of hydrogen-bond donors (Lipinski definition) is 0. The van der Waals surface area contributed by atoms with Gasteiger partial charge in [0.15, 0.2) is 5.84 Å². The van der Waals surface area contributed by atoms with E-state index in [0.29, 0.717) is 24.2 Å². The van der Waals surface area contributed by atoms with Crippen molar-refractivity contribution in [3.05, 3.63) is 41.1 Å². The third-order valence-corrected chi connectivity index (χ3v) is 7.77. The summed E-state index contributed by atoms with van der Waals surface area (Å²) in [6.45, 7) is 19.7. The molecule has 1 unspecified atom stereocenters. The van der Waals surface area contributed by atoms with Crippen LogP contribution in [0.4, 0.5) is 0 Å². The molecule has 214 valence electrons. The van der Waals surface area contributed by atoms with Crippen LogP contribution in [0.2, 0.25) is 0 Å². The second-order valence-electron chi connectivity index (χ2n) is 11.8. The number of carbonyl (C=O) groups excluding carboxylic acids is 1. The molecule has 0 aliphatic heterocycles. The van der Waals surface area contributed by atoms with Gasteiger partial charge in [0.1, 0.15) is 5.75 Å². The summed E-state index contributed by atoms with van der Waals surface area (Å²) in [6, 6.07) is 6.72. The minimum absolute atomic E-state index is 0.0705. The van der Waals surface area contributed by atoms with Gasteiger partial charge in [-0.2, -0.15) is 0 Å². The fraction of sp³-hybridized carbons (Fsp3) is 0.607. The lowest BCUT2D eigenvalue weighted by Crippen LogP contribution is -2.45. The van der Waals surface area contributed by atoms with Gasteiger partial charge in [-0.3, -0.25) is 4.79 Å². The topological polar surface area (TPSA) is 51.0 Å². The van der Waals surface area contributed by atoms with Crippen molar-refractivity contribution in [3.8, 4) is 5.75 Å². The van der Waals surface area contributed by atoms with Crippen LogP contribution >= 0.6 is 69.6 Å². The first-order chi connectivity index (χ1) is 16.9. The molecule has 0 bridgehead atoms. The van der Waals surface area contributed by atoms with Gasteiger partial charge in [0.05, 0.1) is 16.8 Å². The van der Waals surface area contributed by atoms with E-state index in [9.17, 15) is 4.79 Å². The average Bonchev–Trinajstić information content (AvgIpc) is 2.72. The summed E-state index contributed by atoms with van der Waals surface area (Å²) in [4.78, 5) is 22.5. The molecule has 1 aromatic rings. The van der Waals surface area contributed by atoms with Crippen LogP contribution in [0.3, 0.4) is 0 Å². The molecule has 0 saturated carbocycles. The van der Waals surface area contributed by atoms with Crippen molar-refractivity contribution in [2.45, 2.75) is 89.7 Å². The summed E-state index contributed by atoms with van der Waals surface area (Å²) in [5.74, 6) is 0.256. The predicted molar refractivity (Wildman–Crippen MR) is 167 cm³/mol. The number of halogens is 6. The Morgan fingerprint density at radius 3 is 1.68 bits per heavy atom. The van der Waals surface area contributed by atoms with Gasteiger partial charge >= 0.3 is 5.97 Å². The monoisotopic (exact) mass is 644 g/mol. The zero-order chi connectivity index (χ0) is 29.9. The molecule has 0 aliphatic rings. The Kier molecular flexibility index (Phi) is 12.2. The molecule has 38 heavy (non-hydrogen) atoms. The van der Waals surface area contributed by atoms with Gasteiger partial charge in [-0.05, 0) is 74.3 Å². The maximum Gasteiger partial charge on any atom is 0.317 e. The SMILES string of the molecule is CCC(C)=C(N=C(N=C(C)C(Cl)(Cl)Cl)c1ccc(OC(=O)C(C)(CC(C)(C)C)C(C)(C)C)cc1)C(Cl)(Cl)Cl. The van der Waals surface area contributed by atoms with E-state index in [4.69, 9.17) is 74.3 Å². The summed E-state index contributed by atoms with van der Waals surface area (Å²) in [6.07, 6.45) is 1.26. The lowest BCUT2D eigenvalue weighted by Gasteiger charge is -2.43. The van der Waals surface area contributed by atoms with E-state index >= 15 is 0 Å². The van der Waals surface area contributed by atoms with Crippen molar-refractivity contribution in [1.82, 2.24) is 0 Å². The number of esters is 1. The Bertz CT molecular complexity index is 1080. The van der Waals surface area contributed by atoms with E-state index in [0.717, 1.165) is 5.57 Å². The van der Waals surface area contributed by atoms with Crippen molar-refractivity contribution in [1.29, 1.82) is 0 Å². The van der Waals surface area contributed by atoms with Crippen molar-refractivity contribution in [2.24, 2.45) is 26.2 Å². The Labute approximate surface area is 258 Å². The molecule has 0 saturated heterocycles. The average molecular weight is 647 g/mol. The molecular formula is C28H38Cl6N2O2. The third-order valence-electron chi connectivity index (χ3n) is 6.42. The highest BCUT2D eigenvalue weighted by Crippen LogP contribution is 2.47. The predicted octanol–water partition coefficient (Wildman–Crippen LogP) is 10.7. The van der Waals surface area contributed by atoms with E-state index in [1.54, 1.807) is 31.2 Å². The number of alkyl halides is 6. The molecule has 0 amide bonds. The van der Waals surface area contributed by atoms with Crippen LogP contribution in [0.1, 0.15) is 87.6 Å². The highest BCUT2D eigenvalue weighted by atomic mass is 35.6. The molecule has 0 fully saturated rings. The summed E-state index contributed by atoms with van der Waals surface area (Å²) < 4.78 is 2.31. The van der Waals surface area contributed by atoms with Crippen molar-refractivity contribution in [2.75, 3.05) is 0 Å². The standard InChI is InChI=1S/C28H38Cl6N2O2/c1-11-17(2)21(28(32,33)34)36-22(35-18(3)27(29,30)31)19-12-14-20(15-13-19)38-23(37)26(10,25(7,8)9)16-24(4,5)6/h12-15H,11,16H2,1-10H3. The number of benzene rings is 1. The van der Waals surface area contributed by atoms with E-state index in [-0.39, 0.29) is 34.0 Å². The number of allylic oxidation sites excluding steroid dienone is 2. The molecule has 0 aromatic heterocycles. The largest absolute Gasteiger partial charge is 0.426 e. The molecular weight excluding hydrogens is 609 g/mol. The Hall–Kier alpha value is -0.490. The van der Waals surface area contributed by atoms with Crippen LogP contribution in [-0.2, 0) is 4.79 Å². The van der Waals surface area contributed by atoms with Crippen LogP contribution in [0.25, 0.3) is 0 Å². The van der Waals surface area contributed by atoms with Gasteiger partial charge in [-0.25, -0.2) is 9.98 Å². The maximum absolute atomic E-state index is 13.4. The fourth-order valence-electron chi connectivity index (χ4n) is 3.65. The third kappa shape index (κ3) is 10.2. The fourth-order valence-corrected chi connectivity index (χ4v) is 4.38. The number of nitrogens with zero attached hydrogens (tertiary/aromatic N) is 2. The minimum atomic E-state index is -1.80. The van der Waals surface area contributed by atoms with E-state index in [1.165, 1.54) is 0 Å². The van der Waals surface area contributed by atoms with E-state index in [1.807, 2.05) is 41.5 Å². The van der Waals surface area contributed by atoms with Crippen LogP contribution in [0.5, 0.6) is 5.75 Å². The number of carbonyl (C=O) groups is 1. The summed E-state index contributed by atoms with van der Waals surface area (Å²) in [5.41, 5.74) is 0.593.